The predicted molar refractivity (Wildman–Crippen MR) is 118 cm³/mol. The van der Waals surface area contributed by atoms with Gasteiger partial charge in [0.1, 0.15) is 5.69 Å². The second kappa shape index (κ2) is 7.15. The topological polar surface area (TPSA) is 125 Å². The molecule has 0 aliphatic heterocycles. The quantitative estimate of drug-likeness (QED) is 0.435. The Morgan fingerprint density at radius 3 is 2.69 bits per heavy atom. The highest BCUT2D eigenvalue weighted by Gasteiger charge is 2.15. The van der Waals surface area contributed by atoms with Gasteiger partial charge in [0, 0.05) is 25.5 Å². The maximum atomic E-state index is 12.6. The van der Waals surface area contributed by atoms with Gasteiger partial charge in [-0.2, -0.15) is 0 Å². The monoisotopic (exact) mass is 432 g/mol. The number of aromatic nitrogens is 8. The van der Waals surface area contributed by atoms with Crippen molar-refractivity contribution in [3.05, 3.63) is 84.8 Å². The van der Waals surface area contributed by atoms with Gasteiger partial charge in [0.25, 0.3) is 5.56 Å². The number of fused-ring (bicyclic) bond motifs is 2. The number of nitrogens with one attached hydrogen (secondary N) is 1. The lowest BCUT2D eigenvalue weighted by molar-refractivity contribution is 0.650. The minimum absolute atomic E-state index is 0.173. The highest BCUT2D eigenvalue weighted by molar-refractivity contribution is 5.84. The van der Waals surface area contributed by atoms with E-state index in [1.807, 2.05) is 25.1 Å². The smallest absolute Gasteiger partial charge is 0.322 e. The van der Waals surface area contributed by atoms with Crippen molar-refractivity contribution in [3.63, 3.8) is 0 Å². The second-order valence-electron chi connectivity index (χ2n) is 7.81. The van der Waals surface area contributed by atoms with Crippen molar-refractivity contribution in [1.29, 1.82) is 0 Å². The summed E-state index contributed by atoms with van der Waals surface area (Å²) in [5, 5.41) is 9.34. The van der Waals surface area contributed by atoms with Crippen molar-refractivity contribution in [2.75, 3.05) is 0 Å². The van der Waals surface area contributed by atoms with Crippen LogP contribution in [0.1, 0.15) is 16.8 Å². The number of aryl methyl sites for hydroxylation is 2. The minimum Gasteiger partial charge on any atom is -0.322 e. The van der Waals surface area contributed by atoms with Gasteiger partial charge < -0.3 is 9.55 Å². The third kappa shape index (κ3) is 3.06. The Bertz CT molecular complexity index is 1680. The fraction of sp³-hybridized carbons (Fsp3) is 0.238. The molecule has 4 heterocycles. The lowest BCUT2D eigenvalue weighted by Gasteiger charge is -2.08. The Balaban J connectivity index is 1.49. The van der Waals surface area contributed by atoms with Crippen LogP contribution in [0.15, 0.2) is 51.2 Å². The van der Waals surface area contributed by atoms with Gasteiger partial charge in [0.2, 0.25) is 5.56 Å². The number of pyridine rings is 1. The molecule has 0 saturated carbocycles. The standard InChI is InChI=1S/C21H20N8O3/c1-12-5-4-6-15-13(7-16(30)23-17(12)15)8-29-10-14(24-25-29)9-28-11-22-19-18(28)20(31)27(3)21(32)26(19)2/h4-7,10-11H,8-9H2,1-3H3,(H,23,30). The molecule has 0 aliphatic rings. The van der Waals surface area contributed by atoms with Crippen molar-refractivity contribution >= 4 is 22.1 Å². The number of H-pyrrole nitrogens is 1. The van der Waals surface area contributed by atoms with Gasteiger partial charge in [-0.1, -0.05) is 23.4 Å². The Morgan fingerprint density at radius 1 is 1.06 bits per heavy atom. The van der Waals surface area contributed by atoms with E-state index in [1.165, 1.54) is 17.9 Å². The molecule has 162 valence electrons. The SMILES string of the molecule is Cc1cccc2c(Cn3cc(Cn4cnc5c4c(=O)n(C)c(=O)n5C)nn3)cc(=O)[nH]c12. The van der Waals surface area contributed by atoms with E-state index in [4.69, 9.17) is 0 Å². The zero-order valence-corrected chi connectivity index (χ0v) is 17.7. The number of imidazole rings is 1. The van der Waals surface area contributed by atoms with Crippen LogP contribution in [0.5, 0.6) is 0 Å². The zero-order valence-electron chi connectivity index (χ0n) is 17.7. The number of benzene rings is 1. The van der Waals surface area contributed by atoms with Crippen LogP contribution < -0.4 is 16.8 Å². The Hall–Kier alpha value is -4.28. The first-order valence-electron chi connectivity index (χ1n) is 9.95. The van der Waals surface area contributed by atoms with Crippen LogP contribution in [0, 0.1) is 6.92 Å². The van der Waals surface area contributed by atoms with Crippen LogP contribution in [0.2, 0.25) is 0 Å². The summed E-state index contributed by atoms with van der Waals surface area (Å²) in [6, 6.07) is 7.43. The number of hydrogen-bond acceptors (Lipinski definition) is 6. The van der Waals surface area contributed by atoms with Crippen molar-refractivity contribution < 1.29 is 0 Å². The number of aromatic amines is 1. The van der Waals surface area contributed by atoms with Crippen molar-refractivity contribution in [1.82, 2.24) is 38.7 Å². The number of nitrogens with zero attached hydrogens (tertiary/aromatic N) is 7. The molecule has 0 radical (unpaired) electrons. The summed E-state index contributed by atoms with van der Waals surface area (Å²) in [6.45, 7) is 2.59. The van der Waals surface area contributed by atoms with E-state index in [-0.39, 0.29) is 12.1 Å². The van der Waals surface area contributed by atoms with Gasteiger partial charge in [-0.25, -0.2) is 14.5 Å². The van der Waals surface area contributed by atoms with Crippen LogP contribution in [-0.4, -0.2) is 38.7 Å². The first-order valence-corrected chi connectivity index (χ1v) is 9.95. The van der Waals surface area contributed by atoms with Crippen LogP contribution in [0.4, 0.5) is 0 Å². The summed E-state index contributed by atoms with van der Waals surface area (Å²) in [5.41, 5.74) is 2.86. The summed E-state index contributed by atoms with van der Waals surface area (Å²) in [6.07, 6.45) is 3.28. The third-order valence-corrected chi connectivity index (χ3v) is 5.64. The molecule has 0 aliphatic carbocycles. The zero-order chi connectivity index (χ0) is 22.6. The average Bonchev–Trinajstić information content (AvgIpc) is 3.39. The molecular formula is C21H20N8O3. The van der Waals surface area contributed by atoms with Gasteiger partial charge in [-0.05, 0) is 18.1 Å². The fourth-order valence-corrected chi connectivity index (χ4v) is 3.98. The molecule has 32 heavy (non-hydrogen) atoms. The molecule has 0 amide bonds. The molecule has 0 unspecified atom stereocenters. The van der Waals surface area contributed by atoms with Gasteiger partial charge in [-0.3, -0.25) is 18.7 Å². The maximum absolute atomic E-state index is 12.6. The largest absolute Gasteiger partial charge is 0.332 e. The van der Waals surface area contributed by atoms with E-state index >= 15 is 0 Å². The fourth-order valence-electron chi connectivity index (χ4n) is 3.98. The van der Waals surface area contributed by atoms with Gasteiger partial charge in [0.15, 0.2) is 11.2 Å². The molecule has 0 fully saturated rings. The molecule has 0 atom stereocenters. The second-order valence-corrected chi connectivity index (χ2v) is 7.81. The summed E-state index contributed by atoms with van der Waals surface area (Å²) >= 11 is 0. The number of hydrogen-bond donors (Lipinski definition) is 1. The van der Waals surface area contributed by atoms with Gasteiger partial charge in [0.05, 0.1) is 31.1 Å². The summed E-state index contributed by atoms with van der Waals surface area (Å²) in [7, 11) is 3.01. The third-order valence-electron chi connectivity index (χ3n) is 5.64. The van der Waals surface area contributed by atoms with Crippen molar-refractivity contribution in [3.8, 4) is 0 Å². The van der Waals surface area contributed by atoms with Crippen LogP contribution in [0.3, 0.4) is 0 Å². The van der Waals surface area contributed by atoms with E-state index in [0.29, 0.717) is 23.4 Å². The van der Waals surface area contributed by atoms with E-state index in [1.54, 1.807) is 28.6 Å². The van der Waals surface area contributed by atoms with Crippen molar-refractivity contribution in [2.24, 2.45) is 14.1 Å². The molecule has 1 N–H and O–H groups in total. The molecule has 0 spiro atoms. The van der Waals surface area contributed by atoms with Crippen LogP contribution >= 0.6 is 0 Å². The molecule has 11 heteroatoms. The van der Waals surface area contributed by atoms with Crippen molar-refractivity contribution in [2.45, 2.75) is 20.0 Å². The molecule has 11 nitrogen and oxygen atoms in total. The normalized spacial score (nSPS) is 11.6. The van der Waals surface area contributed by atoms with E-state index in [0.717, 1.165) is 26.6 Å². The predicted octanol–water partition coefficient (Wildman–Crippen LogP) is 0.272. The minimum atomic E-state index is -0.431. The average molecular weight is 432 g/mol. The van der Waals surface area contributed by atoms with Gasteiger partial charge >= 0.3 is 5.69 Å². The Kier molecular flexibility index (Phi) is 4.40. The molecule has 5 rings (SSSR count). The first kappa shape index (κ1) is 19.7. The summed E-state index contributed by atoms with van der Waals surface area (Å²) in [4.78, 5) is 44.0. The number of para-hydroxylation sites is 1. The highest BCUT2D eigenvalue weighted by atomic mass is 16.2. The van der Waals surface area contributed by atoms with E-state index in [2.05, 4.69) is 20.3 Å². The van der Waals surface area contributed by atoms with E-state index in [9.17, 15) is 14.4 Å². The molecule has 0 saturated heterocycles. The molecule has 0 bridgehead atoms. The van der Waals surface area contributed by atoms with E-state index < -0.39 is 11.2 Å². The molecule has 5 aromatic rings. The number of rotatable bonds is 4. The Morgan fingerprint density at radius 2 is 1.88 bits per heavy atom. The molecular weight excluding hydrogens is 412 g/mol. The summed E-state index contributed by atoms with van der Waals surface area (Å²) < 4.78 is 5.69. The summed E-state index contributed by atoms with van der Waals surface area (Å²) in [5.74, 6) is 0. The molecule has 1 aromatic carbocycles. The Labute approximate surface area is 180 Å². The first-order chi connectivity index (χ1) is 15.3. The van der Waals surface area contributed by atoms with Crippen LogP contribution in [0.25, 0.3) is 22.1 Å². The highest BCUT2D eigenvalue weighted by Crippen LogP contribution is 2.19. The van der Waals surface area contributed by atoms with Gasteiger partial charge in [-0.15, -0.1) is 5.10 Å². The lowest BCUT2D eigenvalue weighted by Crippen LogP contribution is -2.37. The maximum Gasteiger partial charge on any atom is 0.332 e. The molecule has 4 aromatic heterocycles. The van der Waals surface area contributed by atoms with Crippen LogP contribution in [-0.2, 0) is 27.2 Å². The lowest BCUT2D eigenvalue weighted by atomic mass is 10.1.